The lowest BCUT2D eigenvalue weighted by Gasteiger charge is -2.32. The monoisotopic (exact) mass is 274 g/mol. The van der Waals surface area contributed by atoms with E-state index in [0.717, 1.165) is 5.46 Å². The van der Waals surface area contributed by atoms with Gasteiger partial charge in [0.15, 0.2) is 0 Å². The molecule has 1 aromatic heterocycles. The first-order chi connectivity index (χ1) is 8.82. The summed E-state index contributed by atoms with van der Waals surface area (Å²) in [4.78, 5) is 0. The normalized spacial score (nSPS) is 21.2. The first kappa shape index (κ1) is 13.2. The summed E-state index contributed by atoms with van der Waals surface area (Å²) < 4.78 is 13.6. The highest BCUT2D eigenvalue weighted by Crippen LogP contribution is 2.37. The van der Waals surface area contributed by atoms with E-state index in [4.69, 9.17) is 9.31 Å². The fourth-order valence-electron chi connectivity index (χ4n) is 2.36. The van der Waals surface area contributed by atoms with Crippen LogP contribution >= 0.6 is 11.3 Å². The van der Waals surface area contributed by atoms with Crippen LogP contribution in [-0.4, -0.2) is 18.3 Å². The second-order valence-electron chi connectivity index (χ2n) is 6.23. The molecular formula is C15H19BO2S. The number of thiophene rings is 1. The molecule has 1 aliphatic rings. The van der Waals surface area contributed by atoms with Crippen LogP contribution in [-0.2, 0) is 9.31 Å². The molecule has 0 N–H and O–H groups in total. The van der Waals surface area contributed by atoms with Crippen LogP contribution < -0.4 is 5.46 Å². The van der Waals surface area contributed by atoms with Gasteiger partial charge in [-0.1, -0.05) is 18.2 Å². The minimum atomic E-state index is -0.286. The van der Waals surface area contributed by atoms with Gasteiger partial charge in [-0.25, -0.2) is 0 Å². The van der Waals surface area contributed by atoms with Crippen LogP contribution in [0, 0.1) is 6.92 Å². The van der Waals surface area contributed by atoms with E-state index in [-0.39, 0.29) is 18.3 Å². The fraction of sp³-hybridized carbons (Fsp3) is 0.467. The zero-order valence-electron chi connectivity index (χ0n) is 12.1. The molecule has 0 bridgehead atoms. The maximum Gasteiger partial charge on any atom is 0.496 e. The Morgan fingerprint density at radius 2 is 1.68 bits per heavy atom. The van der Waals surface area contributed by atoms with E-state index in [0.29, 0.717) is 0 Å². The largest absolute Gasteiger partial charge is 0.496 e. The Hall–Kier alpha value is -0.835. The summed E-state index contributed by atoms with van der Waals surface area (Å²) in [6, 6.07) is 6.36. The average Bonchev–Trinajstić information content (AvgIpc) is 2.78. The summed E-state index contributed by atoms with van der Waals surface area (Å²) in [5.41, 5.74) is 1.89. The second-order valence-corrected chi connectivity index (χ2v) is 7.11. The van der Waals surface area contributed by atoms with Gasteiger partial charge >= 0.3 is 7.12 Å². The molecular weight excluding hydrogens is 255 g/mol. The molecule has 19 heavy (non-hydrogen) atoms. The Balaban J connectivity index is 2.07. The van der Waals surface area contributed by atoms with Crippen LogP contribution in [0.5, 0.6) is 0 Å². The molecule has 1 aliphatic heterocycles. The number of benzene rings is 1. The number of fused-ring (bicyclic) bond motifs is 1. The average molecular weight is 274 g/mol. The Labute approximate surface area is 118 Å². The van der Waals surface area contributed by atoms with Crippen LogP contribution in [0.25, 0.3) is 10.1 Å². The van der Waals surface area contributed by atoms with Gasteiger partial charge in [-0.2, -0.15) is 0 Å². The van der Waals surface area contributed by atoms with Crippen molar-refractivity contribution >= 4 is 34.0 Å². The summed E-state index contributed by atoms with van der Waals surface area (Å²) in [7, 11) is -0.272. The number of aryl methyl sites for hydroxylation is 1. The van der Waals surface area contributed by atoms with E-state index in [2.05, 4.69) is 58.2 Å². The Morgan fingerprint density at radius 3 is 2.32 bits per heavy atom. The van der Waals surface area contributed by atoms with Crippen LogP contribution in [0.2, 0.25) is 0 Å². The van der Waals surface area contributed by atoms with Gasteiger partial charge in [0.1, 0.15) is 0 Å². The van der Waals surface area contributed by atoms with Crippen molar-refractivity contribution in [3.8, 4) is 0 Å². The standard InChI is InChI=1S/C15H19BO2S/c1-10-9-19-13-11(10)7-6-8-12(13)16-17-14(2,3)15(4,5)18-16/h6-9H,1-5H3. The van der Waals surface area contributed by atoms with E-state index in [1.807, 2.05) is 0 Å². The summed E-state index contributed by atoms with van der Waals surface area (Å²) in [5.74, 6) is 0. The van der Waals surface area contributed by atoms with E-state index >= 15 is 0 Å². The van der Waals surface area contributed by atoms with Gasteiger partial charge in [0.2, 0.25) is 0 Å². The molecule has 0 atom stereocenters. The molecule has 0 saturated carbocycles. The predicted octanol–water partition coefficient (Wildman–Crippen LogP) is 3.51. The maximum absolute atomic E-state index is 6.15. The fourth-order valence-corrected chi connectivity index (χ4v) is 3.44. The molecule has 2 nitrogen and oxygen atoms in total. The summed E-state index contributed by atoms with van der Waals surface area (Å²) in [6.07, 6.45) is 0. The molecule has 1 fully saturated rings. The van der Waals surface area contributed by atoms with Crippen molar-refractivity contribution in [2.75, 3.05) is 0 Å². The molecule has 0 unspecified atom stereocenters. The molecule has 1 saturated heterocycles. The first-order valence-electron chi connectivity index (χ1n) is 6.64. The number of hydrogen-bond acceptors (Lipinski definition) is 3. The molecule has 4 heteroatoms. The summed E-state index contributed by atoms with van der Waals surface area (Å²) in [6.45, 7) is 10.5. The summed E-state index contributed by atoms with van der Waals surface area (Å²) in [5, 5.41) is 3.50. The van der Waals surface area contributed by atoms with Crippen molar-refractivity contribution < 1.29 is 9.31 Å². The lowest BCUT2D eigenvalue weighted by atomic mass is 9.78. The third-order valence-corrected chi connectivity index (χ3v) is 5.49. The Morgan fingerprint density at radius 1 is 1.05 bits per heavy atom. The molecule has 0 spiro atoms. The zero-order valence-corrected chi connectivity index (χ0v) is 12.9. The van der Waals surface area contributed by atoms with Crippen LogP contribution in [0.3, 0.4) is 0 Å². The molecule has 3 rings (SSSR count). The SMILES string of the molecule is Cc1csc2c(B3OC(C)(C)C(C)(C)O3)cccc12. The van der Waals surface area contributed by atoms with Gasteiger partial charge < -0.3 is 9.31 Å². The maximum atomic E-state index is 6.15. The lowest BCUT2D eigenvalue weighted by Crippen LogP contribution is -2.41. The Bertz CT molecular complexity index is 614. The highest BCUT2D eigenvalue weighted by Gasteiger charge is 2.52. The van der Waals surface area contributed by atoms with Gasteiger partial charge in [0.05, 0.1) is 11.2 Å². The van der Waals surface area contributed by atoms with Crippen molar-refractivity contribution in [2.24, 2.45) is 0 Å². The number of hydrogen-bond donors (Lipinski definition) is 0. The van der Waals surface area contributed by atoms with Crippen molar-refractivity contribution in [1.29, 1.82) is 0 Å². The molecule has 2 aromatic rings. The molecule has 0 radical (unpaired) electrons. The van der Waals surface area contributed by atoms with Crippen molar-refractivity contribution in [3.05, 3.63) is 29.1 Å². The minimum Gasteiger partial charge on any atom is -0.399 e. The van der Waals surface area contributed by atoms with E-state index in [1.165, 1.54) is 15.6 Å². The molecule has 1 aromatic carbocycles. The van der Waals surface area contributed by atoms with E-state index in [9.17, 15) is 0 Å². The molecule has 2 heterocycles. The summed E-state index contributed by atoms with van der Waals surface area (Å²) >= 11 is 1.77. The third-order valence-electron chi connectivity index (χ3n) is 4.33. The van der Waals surface area contributed by atoms with Crippen LogP contribution in [0.4, 0.5) is 0 Å². The van der Waals surface area contributed by atoms with Crippen molar-refractivity contribution in [3.63, 3.8) is 0 Å². The van der Waals surface area contributed by atoms with E-state index < -0.39 is 0 Å². The van der Waals surface area contributed by atoms with Gasteiger partial charge in [-0.05, 0) is 50.9 Å². The van der Waals surface area contributed by atoms with Crippen LogP contribution in [0.15, 0.2) is 23.6 Å². The van der Waals surface area contributed by atoms with Gasteiger partial charge in [-0.3, -0.25) is 0 Å². The molecule has 0 amide bonds. The first-order valence-corrected chi connectivity index (χ1v) is 7.52. The zero-order chi connectivity index (χ0) is 13.8. The van der Waals surface area contributed by atoms with E-state index in [1.54, 1.807) is 11.3 Å². The molecule has 100 valence electrons. The van der Waals surface area contributed by atoms with Crippen molar-refractivity contribution in [2.45, 2.75) is 45.8 Å². The second kappa shape index (κ2) is 4.08. The van der Waals surface area contributed by atoms with Gasteiger partial charge in [0, 0.05) is 10.2 Å². The predicted molar refractivity (Wildman–Crippen MR) is 82.3 cm³/mol. The quantitative estimate of drug-likeness (QED) is 0.741. The smallest absolute Gasteiger partial charge is 0.399 e. The molecule has 0 aliphatic carbocycles. The lowest BCUT2D eigenvalue weighted by molar-refractivity contribution is 0.00578. The van der Waals surface area contributed by atoms with Crippen molar-refractivity contribution in [1.82, 2.24) is 0 Å². The highest BCUT2D eigenvalue weighted by atomic mass is 32.1. The highest BCUT2D eigenvalue weighted by molar-refractivity contribution is 7.19. The van der Waals surface area contributed by atoms with Crippen LogP contribution in [0.1, 0.15) is 33.3 Å². The van der Waals surface area contributed by atoms with Gasteiger partial charge in [0.25, 0.3) is 0 Å². The van der Waals surface area contributed by atoms with Gasteiger partial charge in [-0.15, -0.1) is 11.3 Å². The third kappa shape index (κ3) is 1.94. The topological polar surface area (TPSA) is 18.5 Å². The minimum absolute atomic E-state index is 0.272. The Kier molecular flexibility index (Phi) is 2.82. The number of rotatable bonds is 1.